The van der Waals surface area contributed by atoms with E-state index in [4.69, 9.17) is 4.74 Å². The van der Waals surface area contributed by atoms with E-state index in [1.165, 1.54) is 11.1 Å². The lowest BCUT2D eigenvalue weighted by Gasteiger charge is -2.21. The Labute approximate surface area is 119 Å². The molecule has 0 spiro atoms. The summed E-state index contributed by atoms with van der Waals surface area (Å²) >= 11 is 0. The number of hydrogen-bond acceptors (Lipinski definition) is 1. The van der Waals surface area contributed by atoms with Gasteiger partial charge < -0.3 is 4.74 Å². The van der Waals surface area contributed by atoms with E-state index in [2.05, 4.69) is 65.8 Å². The molecule has 0 radical (unpaired) electrons. The Morgan fingerprint density at radius 3 is 1.95 bits per heavy atom. The van der Waals surface area contributed by atoms with Gasteiger partial charge in [-0.2, -0.15) is 0 Å². The van der Waals surface area contributed by atoms with Gasteiger partial charge in [-0.1, -0.05) is 65.8 Å². The van der Waals surface area contributed by atoms with Gasteiger partial charge in [0.05, 0.1) is 6.61 Å². The highest BCUT2D eigenvalue weighted by atomic mass is 16.5. The Hall–Kier alpha value is -0.820. The summed E-state index contributed by atoms with van der Waals surface area (Å²) in [6.45, 7) is 15.2. The Bertz CT molecular complexity index is 379. The Kier molecular flexibility index (Phi) is 5.61. The van der Waals surface area contributed by atoms with Gasteiger partial charge in [-0.3, -0.25) is 0 Å². The van der Waals surface area contributed by atoms with Crippen LogP contribution in [-0.2, 0) is 17.8 Å². The first-order valence-electron chi connectivity index (χ1n) is 7.32. The van der Waals surface area contributed by atoms with Crippen LogP contribution >= 0.6 is 0 Å². The van der Waals surface area contributed by atoms with Crippen LogP contribution < -0.4 is 0 Å². The van der Waals surface area contributed by atoms with Gasteiger partial charge >= 0.3 is 0 Å². The molecule has 0 N–H and O–H groups in total. The first-order valence-corrected chi connectivity index (χ1v) is 7.32. The maximum atomic E-state index is 5.85. The maximum absolute atomic E-state index is 5.85. The highest BCUT2D eigenvalue weighted by molar-refractivity contribution is 5.27. The second-order valence-electron chi connectivity index (χ2n) is 7.87. The van der Waals surface area contributed by atoms with Crippen LogP contribution in [0.25, 0.3) is 0 Å². The van der Waals surface area contributed by atoms with E-state index in [0.29, 0.717) is 10.8 Å². The molecule has 0 aromatic heterocycles. The highest BCUT2D eigenvalue weighted by Gasteiger charge is 2.14. The second-order valence-corrected chi connectivity index (χ2v) is 7.87. The smallest absolute Gasteiger partial charge is 0.0719 e. The van der Waals surface area contributed by atoms with Gasteiger partial charge in [0.1, 0.15) is 0 Å². The number of rotatable bonds is 5. The summed E-state index contributed by atoms with van der Waals surface area (Å²) in [5.74, 6) is 0. The molecule has 0 heterocycles. The van der Waals surface area contributed by atoms with Gasteiger partial charge in [-0.15, -0.1) is 0 Å². The molecule has 1 nitrogen and oxygen atoms in total. The predicted octanol–water partition coefficient (Wildman–Crippen LogP) is 5.23. The molecular weight excluding hydrogens is 232 g/mol. The molecule has 0 amide bonds. The molecule has 0 atom stereocenters. The average Bonchev–Trinajstić information content (AvgIpc) is 2.23. The van der Waals surface area contributed by atoms with E-state index < -0.39 is 0 Å². The Balaban J connectivity index is 2.54. The van der Waals surface area contributed by atoms with Crippen LogP contribution in [0.15, 0.2) is 24.3 Å². The van der Waals surface area contributed by atoms with Crippen LogP contribution in [0.1, 0.15) is 59.1 Å². The van der Waals surface area contributed by atoms with Crippen LogP contribution in [0.3, 0.4) is 0 Å². The third kappa shape index (κ3) is 7.37. The summed E-state index contributed by atoms with van der Waals surface area (Å²) < 4.78 is 5.85. The molecule has 108 valence electrons. The largest absolute Gasteiger partial charge is 0.377 e. The maximum Gasteiger partial charge on any atom is 0.0719 e. The number of benzene rings is 1. The molecule has 0 saturated carbocycles. The van der Waals surface area contributed by atoms with Crippen molar-refractivity contribution in [1.82, 2.24) is 0 Å². The zero-order valence-electron chi connectivity index (χ0n) is 13.5. The molecule has 0 fully saturated rings. The average molecular weight is 262 g/mol. The molecule has 1 aromatic carbocycles. The summed E-state index contributed by atoms with van der Waals surface area (Å²) in [5, 5.41) is 0. The van der Waals surface area contributed by atoms with E-state index in [-0.39, 0.29) is 0 Å². The molecule has 0 aliphatic heterocycles. The van der Waals surface area contributed by atoms with Crippen molar-refractivity contribution in [2.75, 3.05) is 6.61 Å². The van der Waals surface area contributed by atoms with Gasteiger partial charge in [-0.25, -0.2) is 0 Å². The first kappa shape index (κ1) is 16.2. The van der Waals surface area contributed by atoms with E-state index in [1.54, 1.807) is 0 Å². The lowest BCUT2D eigenvalue weighted by Crippen LogP contribution is -2.12. The minimum absolute atomic E-state index is 0.321. The van der Waals surface area contributed by atoms with Crippen molar-refractivity contribution in [3.8, 4) is 0 Å². The van der Waals surface area contributed by atoms with Crippen LogP contribution in [0, 0.1) is 10.8 Å². The molecule has 19 heavy (non-hydrogen) atoms. The van der Waals surface area contributed by atoms with Gasteiger partial charge in [0.25, 0.3) is 0 Å². The summed E-state index contributed by atoms with van der Waals surface area (Å²) in [5.41, 5.74) is 3.43. The lowest BCUT2D eigenvalue weighted by molar-refractivity contribution is 0.0955. The van der Waals surface area contributed by atoms with Crippen molar-refractivity contribution >= 4 is 0 Å². The minimum Gasteiger partial charge on any atom is -0.377 e. The van der Waals surface area contributed by atoms with Crippen LogP contribution in [0.2, 0.25) is 0 Å². The fourth-order valence-corrected chi connectivity index (χ4v) is 2.00. The van der Waals surface area contributed by atoms with Crippen molar-refractivity contribution in [1.29, 1.82) is 0 Å². The molecule has 0 saturated heterocycles. The zero-order valence-corrected chi connectivity index (χ0v) is 13.5. The summed E-state index contributed by atoms with van der Waals surface area (Å²) in [6, 6.07) is 8.65. The summed E-state index contributed by atoms with van der Waals surface area (Å²) in [4.78, 5) is 0. The normalized spacial score (nSPS) is 12.7. The van der Waals surface area contributed by atoms with E-state index in [0.717, 1.165) is 26.1 Å². The SMILES string of the molecule is CC(C)(C)CCOCc1ccccc1CC(C)(C)C. The third-order valence-corrected chi connectivity index (χ3v) is 3.09. The van der Waals surface area contributed by atoms with Crippen LogP contribution in [-0.4, -0.2) is 6.61 Å². The standard InChI is InChI=1S/C18H30O/c1-17(2,3)11-12-19-14-16-10-8-7-9-15(16)13-18(4,5)6/h7-10H,11-14H2,1-6H3. The fraction of sp³-hybridized carbons (Fsp3) is 0.667. The molecule has 0 bridgehead atoms. The topological polar surface area (TPSA) is 9.23 Å². The number of hydrogen-bond donors (Lipinski definition) is 0. The quantitative estimate of drug-likeness (QED) is 0.660. The predicted molar refractivity (Wildman–Crippen MR) is 83.3 cm³/mol. The molecule has 1 rings (SSSR count). The van der Waals surface area contributed by atoms with Crippen LogP contribution in [0.4, 0.5) is 0 Å². The van der Waals surface area contributed by atoms with Gasteiger partial charge in [-0.05, 0) is 34.8 Å². The summed E-state index contributed by atoms with van der Waals surface area (Å²) in [6.07, 6.45) is 2.21. The van der Waals surface area contributed by atoms with Crippen LogP contribution in [0.5, 0.6) is 0 Å². The van der Waals surface area contributed by atoms with Gasteiger partial charge in [0, 0.05) is 6.61 Å². The Morgan fingerprint density at radius 2 is 1.42 bits per heavy atom. The fourth-order valence-electron chi connectivity index (χ4n) is 2.00. The van der Waals surface area contributed by atoms with Crippen molar-refractivity contribution in [2.45, 2.75) is 61.0 Å². The van der Waals surface area contributed by atoms with Gasteiger partial charge in [0.2, 0.25) is 0 Å². The van der Waals surface area contributed by atoms with Crippen molar-refractivity contribution in [3.63, 3.8) is 0 Å². The Morgan fingerprint density at radius 1 is 0.842 bits per heavy atom. The molecular formula is C18H30O. The molecule has 0 unspecified atom stereocenters. The van der Waals surface area contributed by atoms with E-state index in [9.17, 15) is 0 Å². The van der Waals surface area contributed by atoms with Gasteiger partial charge in [0.15, 0.2) is 0 Å². The monoisotopic (exact) mass is 262 g/mol. The number of ether oxygens (including phenoxy) is 1. The van der Waals surface area contributed by atoms with Crippen molar-refractivity contribution in [2.24, 2.45) is 10.8 Å². The van der Waals surface area contributed by atoms with Crippen molar-refractivity contribution < 1.29 is 4.74 Å². The molecule has 0 aliphatic carbocycles. The highest BCUT2D eigenvalue weighted by Crippen LogP contribution is 2.24. The van der Waals surface area contributed by atoms with E-state index >= 15 is 0 Å². The molecule has 1 heteroatoms. The lowest BCUT2D eigenvalue weighted by atomic mass is 9.86. The molecule has 1 aromatic rings. The van der Waals surface area contributed by atoms with Crippen molar-refractivity contribution in [3.05, 3.63) is 35.4 Å². The molecule has 0 aliphatic rings. The second kappa shape index (κ2) is 6.56. The minimum atomic E-state index is 0.321. The zero-order chi connectivity index (χ0) is 14.5. The van der Waals surface area contributed by atoms with E-state index in [1.807, 2.05) is 0 Å². The third-order valence-electron chi connectivity index (χ3n) is 3.09. The summed E-state index contributed by atoms with van der Waals surface area (Å²) in [7, 11) is 0. The first-order chi connectivity index (χ1) is 8.67.